The van der Waals surface area contributed by atoms with Crippen molar-refractivity contribution >= 4 is 17.6 Å². The van der Waals surface area contributed by atoms with Crippen molar-refractivity contribution in [3.05, 3.63) is 17.8 Å². The topological polar surface area (TPSA) is 96.0 Å². The van der Waals surface area contributed by atoms with Crippen LogP contribution in [0.5, 0.6) is 0 Å². The summed E-state index contributed by atoms with van der Waals surface area (Å²) in [6.45, 7) is 2.99. The van der Waals surface area contributed by atoms with Gasteiger partial charge in [-0.1, -0.05) is 0 Å². The summed E-state index contributed by atoms with van der Waals surface area (Å²) >= 11 is 0. The van der Waals surface area contributed by atoms with Gasteiger partial charge in [0.05, 0.1) is 0 Å². The van der Waals surface area contributed by atoms with Gasteiger partial charge >= 0.3 is 0 Å². The van der Waals surface area contributed by atoms with Gasteiger partial charge in [-0.3, -0.25) is 9.59 Å². The van der Waals surface area contributed by atoms with Crippen LogP contribution in [0, 0.1) is 0 Å². The third kappa shape index (κ3) is 3.64. The summed E-state index contributed by atoms with van der Waals surface area (Å²) in [6, 6.07) is 3.50. The Morgan fingerprint density at radius 3 is 2.89 bits per heavy atom. The Balaban J connectivity index is 1.91. The van der Waals surface area contributed by atoms with Gasteiger partial charge in [0.1, 0.15) is 5.82 Å². The van der Waals surface area contributed by atoms with Crippen LogP contribution in [0.4, 0.5) is 5.82 Å². The average Bonchev–Trinajstić information content (AvgIpc) is 2.42. The number of nitrogens with one attached hydrogen (secondary N) is 3. The van der Waals surface area contributed by atoms with Crippen molar-refractivity contribution < 1.29 is 9.59 Å². The molecule has 3 N–H and O–H groups in total. The minimum Gasteiger partial charge on any atom is -0.364 e. The minimum atomic E-state index is -0.230. The maximum atomic E-state index is 11.5. The Kier molecular flexibility index (Phi) is 4.27. The molecule has 1 fully saturated rings. The van der Waals surface area contributed by atoms with E-state index >= 15 is 0 Å². The fourth-order valence-electron chi connectivity index (χ4n) is 1.85. The highest BCUT2D eigenvalue weighted by molar-refractivity contribution is 5.92. The number of nitrogens with zero attached hydrogens (tertiary/aromatic N) is 2. The van der Waals surface area contributed by atoms with Crippen molar-refractivity contribution in [3.8, 4) is 0 Å². The Labute approximate surface area is 111 Å². The summed E-state index contributed by atoms with van der Waals surface area (Å²) in [5.41, 5.74) is 0.296. The summed E-state index contributed by atoms with van der Waals surface area (Å²) in [4.78, 5) is 22.5. The number of amides is 2. The van der Waals surface area contributed by atoms with Crippen molar-refractivity contribution in [2.75, 3.05) is 18.4 Å². The van der Waals surface area contributed by atoms with Gasteiger partial charge in [-0.15, -0.1) is 10.2 Å². The number of rotatable bonds is 4. The lowest BCUT2D eigenvalue weighted by Crippen LogP contribution is -2.42. The van der Waals surface area contributed by atoms with Gasteiger partial charge < -0.3 is 16.0 Å². The molecule has 2 amide bonds. The smallest absolute Gasteiger partial charge is 0.271 e. The van der Waals surface area contributed by atoms with Crippen LogP contribution in [0.1, 0.15) is 30.3 Å². The molecule has 1 saturated heterocycles. The molecule has 0 bridgehead atoms. The molecular weight excluding hydrogens is 246 g/mol. The lowest BCUT2D eigenvalue weighted by molar-refractivity contribution is -0.122. The molecule has 7 nitrogen and oxygen atoms in total. The Hall–Kier alpha value is -2.18. The van der Waals surface area contributed by atoms with E-state index in [1.807, 2.05) is 6.92 Å². The highest BCUT2D eigenvalue weighted by Crippen LogP contribution is 2.10. The van der Waals surface area contributed by atoms with Crippen LogP contribution in [0.3, 0.4) is 0 Å². The molecule has 0 aliphatic carbocycles. The second-order valence-electron chi connectivity index (χ2n) is 4.35. The molecule has 1 aliphatic rings. The van der Waals surface area contributed by atoms with Gasteiger partial charge in [0, 0.05) is 25.6 Å². The first-order chi connectivity index (χ1) is 9.19. The van der Waals surface area contributed by atoms with E-state index in [9.17, 15) is 9.59 Å². The molecule has 1 unspecified atom stereocenters. The molecule has 2 rings (SSSR count). The molecule has 7 heteroatoms. The molecule has 0 saturated carbocycles. The fourth-order valence-corrected chi connectivity index (χ4v) is 1.85. The Bertz CT molecular complexity index is 450. The third-order valence-corrected chi connectivity index (χ3v) is 2.85. The molecule has 2 heterocycles. The summed E-state index contributed by atoms with van der Waals surface area (Å²) in [5, 5.41) is 16.4. The maximum absolute atomic E-state index is 11.5. The Morgan fingerprint density at radius 1 is 1.47 bits per heavy atom. The maximum Gasteiger partial charge on any atom is 0.271 e. The average molecular weight is 263 g/mol. The molecule has 102 valence electrons. The van der Waals surface area contributed by atoms with Gasteiger partial charge in [-0.2, -0.15) is 0 Å². The number of hydrogen-bond acceptors (Lipinski definition) is 5. The number of aromatic nitrogens is 2. The molecule has 1 atom stereocenters. The van der Waals surface area contributed by atoms with Crippen LogP contribution in [-0.2, 0) is 4.79 Å². The molecule has 0 spiro atoms. The van der Waals surface area contributed by atoms with E-state index in [2.05, 4.69) is 26.1 Å². The lowest BCUT2D eigenvalue weighted by Gasteiger charge is -2.23. The molecular formula is C12H17N5O2. The van der Waals surface area contributed by atoms with Crippen LogP contribution < -0.4 is 16.0 Å². The number of carbonyl (C=O) groups excluding carboxylic acids is 2. The van der Waals surface area contributed by atoms with Gasteiger partial charge in [0.25, 0.3) is 5.91 Å². The van der Waals surface area contributed by atoms with Crippen molar-refractivity contribution in [3.63, 3.8) is 0 Å². The molecule has 0 radical (unpaired) electrons. The number of piperidine rings is 1. The van der Waals surface area contributed by atoms with Crippen molar-refractivity contribution in [2.45, 2.75) is 25.8 Å². The number of carbonyl (C=O) groups is 2. The summed E-state index contributed by atoms with van der Waals surface area (Å²) in [5.74, 6) is 0.455. The molecule has 1 aromatic rings. The first-order valence-electron chi connectivity index (χ1n) is 6.34. The van der Waals surface area contributed by atoms with E-state index in [1.165, 1.54) is 0 Å². The molecule has 1 aromatic heterocycles. The monoisotopic (exact) mass is 263 g/mol. The lowest BCUT2D eigenvalue weighted by atomic mass is 10.1. The van der Waals surface area contributed by atoms with Crippen LogP contribution in [0.2, 0.25) is 0 Å². The number of anilines is 1. The molecule has 0 aromatic carbocycles. The van der Waals surface area contributed by atoms with E-state index in [4.69, 9.17) is 0 Å². The second kappa shape index (κ2) is 6.12. The molecule has 1 aliphatic heterocycles. The Morgan fingerprint density at radius 2 is 2.32 bits per heavy atom. The van der Waals surface area contributed by atoms with Gasteiger partial charge in [0.15, 0.2) is 5.69 Å². The van der Waals surface area contributed by atoms with Crippen LogP contribution in [-0.4, -0.2) is 41.1 Å². The predicted octanol–water partition coefficient (Wildman–Crippen LogP) is -0.0832. The second-order valence-corrected chi connectivity index (χ2v) is 4.35. The largest absolute Gasteiger partial charge is 0.364 e. The quantitative estimate of drug-likeness (QED) is 0.706. The zero-order valence-corrected chi connectivity index (χ0v) is 10.8. The van der Waals surface area contributed by atoms with Crippen molar-refractivity contribution in [1.82, 2.24) is 20.8 Å². The van der Waals surface area contributed by atoms with Gasteiger partial charge in [-0.05, 0) is 25.5 Å². The summed E-state index contributed by atoms with van der Waals surface area (Å²) in [6.07, 6.45) is 1.29. The predicted molar refractivity (Wildman–Crippen MR) is 69.7 cm³/mol. The summed E-state index contributed by atoms with van der Waals surface area (Å²) < 4.78 is 0. The first kappa shape index (κ1) is 13.3. The summed E-state index contributed by atoms with van der Waals surface area (Å²) in [7, 11) is 0. The first-order valence-corrected chi connectivity index (χ1v) is 6.34. The normalized spacial score (nSPS) is 18.6. The van der Waals surface area contributed by atoms with E-state index in [1.54, 1.807) is 12.1 Å². The van der Waals surface area contributed by atoms with E-state index in [0.29, 0.717) is 31.0 Å². The SMILES string of the molecule is CCNC(=O)c1ccc(NC2CCC(=O)NC2)nn1. The van der Waals surface area contributed by atoms with E-state index in [-0.39, 0.29) is 17.9 Å². The third-order valence-electron chi connectivity index (χ3n) is 2.85. The molecule has 19 heavy (non-hydrogen) atoms. The van der Waals surface area contributed by atoms with Crippen LogP contribution in [0.15, 0.2) is 12.1 Å². The zero-order valence-electron chi connectivity index (χ0n) is 10.8. The highest BCUT2D eigenvalue weighted by atomic mass is 16.2. The van der Waals surface area contributed by atoms with Crippen molar-refractivity contribution in [2.24, 2.45) is 0 Å². The zero-order chi connectivity index (χ0) is 13.7. The fraction of sp³-hybridized carbons (Fsp3) is 0.500. The van der Waals surface area contributed by atoms with Gasteiger partial charge in [0.2, 0.25) is 5.91 Å². The van der Waals surface area contributed by atoms with Gasteiger partial charge in [-0.25, -0.2) is 0 Å². The number of hydrogen-bond donors (Lipinski definition) is 3. The standard InChI is InChI=1S/C12H17N5O2/c1-2-13-12(19)9-4-5-10(17-16-9)15-8-3-6-11(18)14-7-8/h4-5,8H,2-3,6-7H2,1H3,(H,13,19)(H,14,18)(H,15,17). The van der Waals surface area contributed by atoms with Crippen LogP contribution in [0.25, 0.3) is 0 Å². The van der Waals surface area contributed by atoms with E-state index < -0.39 is 0 Å². The highest BCUT2D eigenvalue weighted by Gasteiger charge is 2.18. The van der Waals surface area contributed by atoms with Crippen LogP contribution >= 0.6 is 0 Å². The van der Waals surface area contributed by atoms with E-state index in [0.717, 1.165) is 6.42 Å². The van der Waals surface area contributed by atoms with Crippen molar-refractivity contribution in [1.29, 1.82) is 0 Å². The minimum absolute atomic E-state index is 0.0794.